The van der Waals surface area contributed by atoms with Crippen LogP contribution in [0, 0.1) is 0 Å². The quantitative estimate of drug-likeness (QED) is 0.0966. The number of benzene rings is 2. The Balaban J connectivity index is 3.19. The molecule has 0 radical (unpaired) electrons. The molecule has 0 aliphatic rings. The molecule has 0 bridgehead atoms. The lowest BCUT2D eigenvalue weighted by Crippen LogP contribution is -2.17. The summed E-state index contributed by atoms with van der Waals surface area (Å²) in [6.07, 6.45) is 2.61. The van der Waals surface area contributed by atoms with E-state index < -0.39 is 5.92 Å². The van der Waals surface area contributed by atoms with Crippen molar-refractivity contribution < 1.29 is 66.3 Å². The lowest BCUT2D eigenvalue weighted by atomic mass is 9.83. The summed E-state index contributed by atoms with van der Waals surface area (Å²) in [5.74, 6) is 2.57. The zero-order valence-corrected chi connectivity index (χ0v) is 29.4. The van der Waals surface area contributed by atoms with Crippen LogP contribution >= 0.6 is 0 Å². The highest BCUT2D eigenvalue weighted by Gasteiger charge is 2.37. The van der Waals surface area contributed by atoms with Gasteiger partial charge in [-0.05, 0) is 6.42 Å². The van der Waals surface area contributed by atoms with Crippen molar-refractivity contribution in [2.45, 2.75) is 38.5 Å². The SMILES string of the molecule is CCCCC(c1c(OC)c(OCOC)cc(OC)c1OCOC)c1c(OC)c(OCOC)c(CCOCOC)c(OC)c1OCOC. The van der Waals surface area contributed by atoms with E-state index in [4.69, 9.17) is 66.3 Å². The van der Waals surface area contributed by atoms with E-state index in [9.17, 15) is 0 Å². The number of hydrogen-bond donors (Lipinski definition) is 0. The second-order valence-electron chi connectivity index (χ2n) is 9.93. The van der Waals surface area contributed by atoms with Gasteiger partial charge in [0.05, 0.1) is 46.2 Å². The van der Waals surface area contributed by atoms with E-state index in [1.807, 2.05) is 0 Å². The van der Waals surface area contributed by atoms with Crippen molar-refractivity contribution in [3.63, 3.8) is 0 Å². The first-order valence-electron chi connectivity index (χ1n) is 15.1. The van der Waals surface area contributed by atoms with Gasteiger partial charge in [-0.25, -0.2) is 0 Å². The number of methoxy groups -OCH3 is 9. The molecule has 1 unspecified atom stereocenters. The fraction of sp³-hybridized carbons (Fsp3) is 0.636. The standard InChI is InChI=1S/C33H52O14/c1-11-12-13-22(26-30(41-9)25(44-18-35-3)16-24(39-7)31(26)46-20-37-5)27-32(42-10)29(45-19-36-4)23(14-15-43-17-34-2)28(40-8)33(27)47-21-38-6/h16,22H,11-15,17-21H2,1-10H3. The van der Waals surface area contributed by atoms with Gasteiger partial charge in [-0.3, -0.25) is 0 Å². The molecular weight excluding hydrogens is 620 g/mol. The van der Waals surface area contributed by atoms with Gasteiger partial charge in [-0.1, -0.05) is 19.8 Å². The van der Waals surface area contributed by atoms with Crippen LogP contribution in [0.5, 0.6) is 46.0 Å². The lowest BCUT2D eigenvalue weighted by molar-refractivity contribution is -0.0296. The molecular formula is C33H52O14. The Hall–Kier alpha value is -3.40. The monoisotopic (exact) mass is 672 g/mol. The van der Waals surface area contributed by atoms with E-state index in [-0.39, 0.29) is 40.6 Å². The Kier molecular flexibility index (Phi) is 18.8. The Morgan fingerprint density at radius 3 is 1.57 bits per heavy atom. The van der Waals surface area contributed by atoms with E-state index in [1.165, 1.54) is 28.4 Å². The van der Waals surface area contributed by atoms with Gasteiger partial charge in [0.1, 0.15) is 6.79 Å². The van der Waals surface area contributed by atoms with Crippen LogP contribution in [0.15, 0.2) is 6.07 Å². The number of rotatable bonds is 26. The smallest absolute Gasteiger partial charge is 0.188 e. The van der Waals surface area contributed by atoms with Crippen LogP contribution in [0.25, 0.3) is 0 Å². The lowest BCUT2D eigenvalue weighted by Gasteiger charge is -2.31. The molecule has 0 fully saturated rings. The summed E-state index contributed by atoms with van der Waals surface area (Å²) in [6, 6.07) is 1.68. The van der Waals surface area contributed by atoms with Gasteiger partial charge in [-0.2, -0.15) is 0 Å². The molecule has 0 saturated heterocycles. The van der Waals surface area contributed by atoms with Crippen molar-refractivity contribution >= 4 is 0 Å². The molecule has 2 rings (SSSR count). The minimum atomic E-state index is -0.531. The number of unbranched alkanes of at least 4 members (excludes halogenated alkanes) is 1. The second kappa shape index (κ2) is 22.2. The molecule has 47 heavy (non-hydrogen) atoms. The van der Waals surface area contributed by atoms with Gasteiger partial charge >= 0.3 is 0 Å². The molecule has 14 heteroatoms. The molecule has 14 nitrogen and oxygen atoms in total. The largest absolute Gasteiger partial charge is 0.493 e. The predicted molar refractivity (Wildman–Crippen MR) is 172 cm³/mol. The average Bonchev–Trinajstić information content (AvgIpc) is 3.09. The summed E-state index contributed by atoms with van der Waals surface area (Å²) in [6.45, 7) is 2.25. The van der Waals surface area contributed by atoms with E-state index in [2.05, 4.69) is 6.92 Å². The summed E-state index contributed by atoms with van der Waals surface area (Å²) in [5, 5.41) is 0. The maximum atomic E-state index is 6.34. The van der Waals surface area contributed by atoms with Crippen molar-refractivity contribution in [1.82, 2.24) is 0 Å². The van der Waals surface area contributed by atoms with Crippen LogP contribution in [-0.4, -0.2) is 105 Å². The summed E-state index contributed by atoms with van der Waals surface area (Å²) >= 11 is 0. The van der Waals surface area contributed by atoms with Gasteiger partial charge in [0.25, 0.3) is 0 Å². The van der Waals surface area contributed by atoms with Crippen LogP contribution in [0.3, 0.4) is 0 Å². The first-order chi connectivity index (χ1) is 23.0. The minimum Gasteiger partial charge on any atom is -0.493 e. The Morgan fingerprint density at radius 2 is 1.04 bits per heavy atom. The first-order valence-corrected chi connectivity index (χ1v) is 15.1. The van der Waals surface area contributed by atoms with E-state index in [0.717, 1.165) is 12.8 Å². The Labute approximate surface area is 278 Å². The molecule has 268 valence electrons. The highest BCUT2D eigenvalue weighted by molar-refractivity contribution is 5.72. The summed E-state index contributed by atoms with van der Waals surface area (Å²) < 4.78 is 80.8. The third-order valence-electron chi connectivity index (χ3n) is 7.02. The fourth-order valence-corrected chi connectivity index (χ4v) is 5.17. The molecule has 0 aliphatic carbocycles. The van der Waals surface area contributed by atoms with Gasteiger partial charge in [0, 0.05) is 59.5 Å². The number of ether oxygens (including phenoxy) is 14. The third-order valence-corrected chi connectivity index (χ3v) is 7.02. The highest BCUT2D eigenvalue weighted by atomic mass is 16.7. The summed E-state index contributed by atoms with van der Waals surface area (Å²) in [4.78, 5) is 0. The van der Waals surface area contributed by atoms with Gasteiger partial charge in [-0.15, -0.1) is 0 Å². The average molecular weight is 673 g/mol. The maximum absolute atomic E-state index is 6.34. The molecule has 0 spiro atoms. The molecule has 0 N–H and O–H groups in total. The van der Waals surface area contributed by atoms with Crippen LogP contribution < -0.4 is 37.9 Å². The van der Waals surface area contributed by atoms with Crippen molar-refractivity contribution in [1.29, 1.82) is 0 Å². The molecule has 2 aromatic rings. The Morgan fingerprint density at radius 1 is 0.511 bits per heavy atom. The van der Waals surface area contributed by atoms with Crippen LogP contribution in [-0.2, 0) is 34.8 Å². The summed E-state index contributed by atoms with van der Waals surface area (Å²) in [5.41, 5.74) is 1.83. The van der Waals surface area contributed by atoms with Crippen molar-refractivity contribution in [2.75, 3.05) is 105 Å². The van der Waals surface area contributed by atoms with Crippen LogP contribution in [0.2, 0.25) is 0 Å². The van der Waals surface area contributed by atoms with Crippen molar-refractivity contribution in [3.05, 3.63) is 22.8 Å². The first kappa shape index (κ1) is 39.8. The van der Waals surface area contributed by atoms with Crippen molar-refractivity contribution in [2.24, 2.45) is 0 Å². The summed E-state index contributed by atoms with van der Waals surface area (Å²) in [7, 11) is 13.9. The molecule has 0 saturated carbocycles. The molecule has 0 amide bonds. The molecule has 1 atom stereocenters. The van der Waals surface area contributed by atoms with Gasteiger partial charge in [0.15, 0.2) is 73.2 Å². The molecule has 0 aliphatic heterocycles. The van der Waals surface area contributed by atoms with E-state index >= 15 is 0 Å². The van der Waals surface area contributed by atoms with Crippen LogP contribution in [0.4, 0.5) is 0 Å². The topological polar surface area (TPSA) is 129 Å². The van der Waals surface area contributed by atoms with Crippen LogP contribution in [0.1, 0.15) is 48.8 Å². The Bertz CT molecular complexity index is 1190. The maximum Gasteiger partial charge on any atom is 0.188 e. The van der Waals surface area contributed by atoms with Gasteiger partial charge < -0.3 is 66.3 Å². The minimum absolute atomic E-state index is 0.0367. The second-order valence-corrected chi connectivity index (χ2v) is 9.93. The zero-order chi connectivity index (χ0) is 34.6. The molecule has 0 aromatic heterocycles. The zero-order valence-electron chi connectivity index (χ0n) is 29.4. The predicted octanol–water partition coefficient (Wildman–Crippen LogP) is 5.14. The van der Waals surface area contributed by atoms with Crippen molar-refractivity contribution in [3.8, 4) is 46.0 Å². The molecule has 0 heterocycles. The fourth-order valence-electron chi connectivity index (χ4n) is 5.17. The third kappa shape index (κ3) is 10.3. The van der Waals surface area contributed by atoms with E-state index in [0.29, 0.717) is 75.5 Å². The number of hydrogen-bond acceptors (Lipinski definition) is 14. The van der Waals surface area contributed by atoms with E-state index in [1.54, 1.807) is 41.6 Å². The highest BCUT2D eigenvalue weighted by Crippen LogP contribution is 2.58. The van der Waals surface area contributed by atoms with Gasteiger partial charge in [0.2, 0.25) is 0 Å². The molecule has 2 aromatic carbocycles. The normalized spacial score (nSPS) is 11.6.